The average molecular weight is 214 g/mol. The quantitative estimate of drug-likeness (QED) is 0.662. The van der Waals surface area contributed by atoms with E-state index in [0.717, 1.165) is 16.3 Å². The van der Waals surface area contributed by atoms with E-state index >= 15 is 0 Å². The maximum atomic E-state index is 11.1. The highest BCUT2D eigenvalue weighted by Crippen LogP contribution is 2.30. The van der Waals surface area contributed by atoms with Crippen LogP contribution in [0.2, 0.25) is 5.02 Å². The van der Waals surface area contributed by atoms with E-state index in [4.69, 9.17) is 11.6 Å². The van der Waals surface area contributed by atoms with E-state index in [9.17, 15) is 4.79 Å². The van der Waals surface area contributed by atoms with E-state index in [1.54, 1.807) is 0 Å². The number of nitrogens with zero attached hydrogens (tertiary/aromatic N) is 1. The van der Waals surface area contributed by atoms with Crippen LogP contribution in [0.15, 0.2) is 11.0 Å². The lowest BCUT2D eigenvalue weighted by molar-refractivity contribution is -0.116. The molecule has 0 saturated carbocycles. The number of carbonyl (C=O) groups is 1. The number of hydrogen-bond acceptors (Lipinski definition) is 3. The third kappa shape index (κ3) is 1.71. The number of pyridine rings is 1. The fourth-order valence-corrected chi connectivity index (χ4v) is 2.38. The first-order valence-electron chi connectivity index (χ1n) is 3.97. The van der Waals surface area contributed by atoms with Crippen LogP contribution in [0, 0.1) is 6.92 Å². The van der Waals surface area contributed by atoms with Crippen molar-refractivity contribution >= 4 is 29.1 Å². The van der Waals surface area contributed by atoms with Crippen molar-refractivity contribution in [1.29, 1.82) is 0 Å². The molecule has 2 heterocycles. The van der Waals surface area contributed by atoms with Gasteiger partial charge in [0.2, 0.25) is 0 Å². The summed E-state index contributed by atoms with van der Waals surface area (Å²) >= 11 is 7.44. The van der Waals surface area contributed by atoms with E-state index in [2.05, 4.69) is 4.98 Å². The summed E-state index contributed by atoms with van der Waals surface area (Å²) in [5.74, 6) is 0.792. The Morgan fingerprint density at radius 1 is 1.62 bits per heavy atom. The van der Waals surface area contributed by atoms with E-state index in [-0.39, 0.29) is 5.78 Å². The van der Waals surface area contributed by atoms with Crippen molar-refractivity contribution in [3.63, 3.8) is 0 Å². The number of halogens is 1. The molecule has 0 saturated heterocycles. The summed E-state index contributed by atoms with van der Waals surface area (Å²) in [6, 6.07) is 1.90. The van der Waals surface area contributed by atoms with E-state index in [1.165, 1.54) is 11.8 Å². The van der Waals surface area contributed by atoms with Crippen LogP contribution in [0.4, 0.5) is 0 Å². The number of aryl methyl sites for hydroxylation is 1. The predicted octanol–water partition coefficient (Wildman–Crippen LogP) is 2.26. The van der Waals surface area contributed by atoms with Crippen molar-refractivity contribution in [3.8, 4) is 0 Å². The summed E-state index contributed by atoms with van der Waals surface area (Å²) < 4.78 is 0. The topological polar surface area (TPSA) is 30.0 Å². The molecule has 1 aromatic rings. The van der Waals surface area contributed by atoms with Gasteiger partial charge in [-0.1, -0.05) is 11.6 Å². The second-order valence-corrected chi connectivity index (χ2v) is 4.43. The third-order valence-electron chi connectivity index (χ3n) is 1.94. The van der Waals surface area contributed by atoms with Crippen molar-refractivity contribution in [3.05, 3.63) is 22.5 Å². The molecule has 0 bridgehead atoms. The van der Waals surface area contributed by atoms with Gasteiger partial charge in [0.15, 0.2) is 0 Å². The minimum atomic E-state index is 0.242. The molecule has 68 valence electrons. The maximum Gasteiger partial charge on any atom is 0.149 e. The number of aromatic nitrogens is 1. The molecule has 0 unspecified atom stereocenters. The zero-order valence-electron chi connectivity index (χ0n) is 7.13. The van der Waals surface area contributed by atoms with Gasteiger partial charge in [0.05, 0.1) is 28.6 Å². The molecule has 0 radical (unpaired) electrons. The highest BCUT2D eigenvalue weighted by Gasteiger charge is 2.18. The van der Waals surface area contributed by atoms with Gasteiger partial charge in [-0.15, -0.1) is 11.8 Å². The summed E-state index contributed by atoms with van der Waals surface area (Å²) in [4.78, 5) is 16.5. The summed E-state index contributed by atoms with van der Waals surface area (Å²) in [5.41, 5.74) is 1.68. The average Bonchev–Trinajstić information content (AvgIpc) is 2.08. The standard InChI is InChI=1S/C9H8ClNOS/c1-5-7(10)3-9-8(11-5)2-6(12)4-13-9/h3H,2,4H2,1H3. The summed E-state index contributed by atoms with van der Waals surface area (Å²) in [7, 11) is 0. The minimum Gasteiger partial charge on any atom is -0.298 e. The fourth-order valence-electron chi connectivity index (χ4n) is 1.26. The van der Waals surface area contributed by atoms with Crippen LogP contribution in [0.1, 0.15) is 11.4 Å². The van der Waals surface area contributed by atoms with Gasteiger partial charge in [0.25, 0.3) is 0 Å². The first-order valence-corrected chi connectivity index (χ1v) is 5.33. The molecule has 1 aliphatic rings. The molecule has 0 fully saturated rings. The molecule has 0 N–H and O–H groups in total. The second kappa shape index (κ2) is 3.31. The Morgan fingerprint density at radius 3 is 3.15 bits per heavy atom. The molecule has 0 aromatic carbocycles. The van der Waals surface area contributed by atoms with Gasteiger partial charge in [-0.3, -0.25) is 9.78 Å². The zero-order valence-corrected chi connectivity index (χ0v) is 8.71. The number of fused-ring (bicyclic) bond motifs is 1. The van der Waals surface area contributed by atoms with E-state index in [1.807, 2.05) is 13.0 Å². The van der Waals surface area contributed by atoms with Crippen molar-refractivity contribution < 1.29 is 4.79 Å². The molecule has 13 heavy (non-hydrogen) atoms. The lowest BCUT2D eigenvalue weighted by Crippen LogP contribution is -2.14. The molecule has 0 amide bonds. The predicted molar refractivity (Wildman–Crippen MR) is 53.4 cm³/mol. The fraction of sp³-hybridized carbons (Fsp3) is 0.333. The molecule has 4 heteroatoms. The maximum absolute atomic E-state index is 11.1. The molecule has 1 aliphatic heterocycles. The summed E-state index contributed by atoms with van der Waals surface area (Å²) in [6.07, 6.45) is 0.459. The Balaban J connectivity index is 2.49. The van der Waals surface area contributed by atoms with Gasteiger partial charge in [-0.2, -0.15) is 0 Å². The van der Waals surface area contributed by atoms with Gasteiger partial charge in [0, 0.05) is 4.90 Å². The van der Waals surface area contributed by atoms with Crippen LogP contribution >= 0.6 is 23.4 Å². The van der Waals surface area contributed by atoms with Crippen molar-refractivity contribution in [2.75, 3.05) is 5.75 Å². The van der Waals surface area contributed by atoms with Crippen molar-refractivity contribution in [2.45, 2.75) is 18.2 Å². The molecule has 2 rings (SSSR count). The SMILES string of the molecule is Cc1nc2c(cc1Cl)SCC(=O)C2. The van der Waals surface area contributed by atoms with E-state index < -0.39 is 0 Å². The highest BCUT2D eigenvalue weighted by atomic mass is 35.5. The number of thioether (sulfide) groups is 1. The van der Waals surface area contributed by atoms with E-state index in [0.29, 0.717) is 17.2 Å². The normalized spacial score (nSPS) is 15.7. The van der Waals surface area contributed by atoms with Crippen molar-refractivity contribution in [1.82, 2.24) is 4.98 Å². The van der Waals surface area contributed by atoms with Crippen LogP contribution in [-0.4, -0.2) is 16.5 Å². The Hall–Kier alpha value is -0.540. The lowest BCUT2D eigenvalue weighted by Gasteiger charge is -2.14. The Bertz CT molecular complexity index is 378. The number of Topliss-reactive ketones (excluding diaryl/α,β-unsaturated/α-hetero) is 1. The van der Waals surface area contributed by atoms with Crippen LogP contribution in [-0.2, 0) is 11.2 Å². The molecule has 0 atom stereocenters. The summed E-state index contributed by atoms with van der Waals surface area (Å²) in [5, 5.41) is 0.681. The Labute approximate surface area is 85.7 Å². The van der Waals surface area contributed by atoms with Gasteiger partial charge < -0.3 is 0 Å². The summed E-state index contributed by atoms with van der Waals surface area (Å²) in [6.45, 7) is 1.85. The molecular weight excluding hydrogens is 206 g/mol. The molecular formula is C9H8ClNOS. The monoisotopic (exact) mass is 213 g/mol. The van der Waals surface area contributed by atoms with Crippen LogP contribution < -0.4 is 0 Å². The Morgan fingerprint density at radius 2 is 2.38 bits per heavy atom. The van der Waals surface area contributed by atoms with Gasteiger partial charge in [-0.25, -0.2) is 0 Å². The van der Waals surface area contributed by atoms with Gasteiger partial charge in [-0.05, 0) is 13.0 Å². The lowest BCUT2D eigenvalue weighted by atomic mass is 10.2. The number of rotatable bonds is 0. The molecule has 0 aliphatic carbocycles. The highest BCUT2D eigenvalue weighted by molar-refractivity contribution is 8.00. The smallest absolute Gasteiger partial charge is 0.149 e. The molecule has 1 aromatic heterocycles. The van der Waals surface area contributed by atoms with Crippen LogP contribution in [0.3, 0.4) is 0 Å². The van der Waals surface area contributed by atoms with Crippen LogP contribution in [0.5, 0.6) is 0 Å². The first-order chi connectivity index (χ1) is 6.16. The third-order valence-corrected chi connectivity index (χ3v) is 3.46. The number of carbonyl (C=O) groups excluding carboxylic acids is 1. The Kier molecular flexibility index (Phi) is 2.30. The molecule has 2 nitrogen and oxygen atoms in total. The van der Waals surface area contributed by atoms with Gasteiger partial charge >= 0.3 is 0 Å². The van der Waals surface area contributed by atoms with Crippen molar-refractivity contribution in [2.24, 2.45) is 0 Å². The number of hydrogen-bond donors (Lipinski definition) is 0. The number of ketones is 1. The largest absolute Gasteiger partial charge is 0.298 e. The van der Waals surface area contributed by atoms with Gasteiger partial charge in [0.1, 0.15) is 5.78 Å². The first kappa shape index (κ1) is 9.03. The second-order valence-electron chi connectivity index (χ2n) is 3.00. The van der Waals surface area contributed by atoms with Crippen LogP contribution in [0.25, 0.3) is 0 Å². The zero-order chi connectivity index (χ0) is 9.42. The minimum absolute atomic E-state index is 0.242. The molecule has 0 spiro atoms.